The standard InChI is InChI=1S/C18H11F3N4O/c19-18(20,21)26-14-3-1-2-13(10-14)16-11-23-17-5-4-15(24-25(16)17)12-6-8-22-9-7-12/h1-11H/p+1. The van der Waals surface area contributed by atoms with E-state index in [2.05, 4.69) is 19.8 Å². The molecular formula is C18H12F3N4O+. The number of aromatic nitrogens is 4. The summed E-state index contributed by atoms with van der Waals surface area (Å²) in [5, 5.41) is 4.56. The van der Waals surface area contributed by atoms with Crippen LogP contribution in [0.25, 0.3) is 28.2 Å². The highest BCUT2D eigenvalue weighted by Gasteiger charge is 2.31. The highest BCUT2D eigenvalue weighted by Crippen LogP contribution is 2.28. The molecule has 0 radical (unpaired) electrons. The molecule has 0 saturated carbocycles. The number of aromatic amines is 1. The van der Waals surface area contributed by atoms with Crippen LogP contribution in [0.15, 0.2) is 67.1 Å². The number of nitrogens with one attached hydrogen (secondary N) is 1. The number of fused-ring (bicyclic) bond motifs is 1. The van der Waals surface area contributed by atoms with Gasteiger partial charge in [-0.2, -0.15) is 5.10 Å². The van der Waals surface area contributed by atoms with Crippen LogP contribution in [0.1, 0.15) is 0 Å². The van der Waals surface area contributed by atoms with Gasteiger partial charge in [0, 0.05) is 23.3 Å². The number of rotatable bonds is 3. The maximum absolute atomic E-state index is 12.5. The maximum Gasteiger partial charge on any atom is 0.573 e. The third kappa shape index (κ3) is 3.21. The Kier molecular flexibility index (Phi) is 3.80. The molecule has 8 heteroatoms. The lowest BCUT2D eigenvalue weighted by Crippen LogP contribution is -2.17. The molecular weight excluding hydrogens is 345 g/mol. The number of ether oxygens (including phenoxy) is 1. The molecule has 4 aromatic rings. The minimum Gasteiger partial charge on any atom is -0.406 e. The van der Waals surface area contributed by atoms with Crippen LogP contribution < -0.4 is 9.72 Å². The Morgan fingerprint density at radius 3 is 2.54 bits per heavy atom. The van der Waals surface area contributed by atoms with Crippen LogP contribution in [0.4, 0.5) is 13.2 Å². The number of pyridine rings is 1. The Bertz CT molecular complexity index is 1060. The first-order valence-electron chi connectivity index (χ1n) is 7.67. The fourth-order valence-corrected chi connectivity index (χ4v) is 2.63. The van der Waals surface area contributed by atoms with Crippen molar-refractivity contribution in [1.82, 2.24) is 14.6 Å². The molecule has 5 nitrogen and oxygen atoms in total. The van der Waals surface area contributed by atoms with Gasteiger partial charge in [0.25, 0.3) is 0 Å². The zero-order valence-electron chi connectivity index (χ0n) is 13.2. The molecule has 0 spiro atoms. The number of benzene rings is 1. The molecule has 0 fully saturated rings. The molecule has 3 aromatic heterocycles. The van der Waals surface area contributed by atoms with E-state index in [0.717, 1.165) is 5.56 Å². The van der Waals surface area contributed by atoms with E-state index < -0.39 is 6.36 Å². The fraction of sp³-hybridized carbons (Fsp3) is 0.0556. The maximum atomic E-state index is 12.5. The summed E-state index contributed by atoms with van der Waals surface area (Å²) in [5.41, 5.74) is 3.29. The number of imidazole rings is 1. The van der Waals surface area contributed by atoms with Crippen LogP contribution >= 0.6 is 0 Å². The topological polar surface area (TPSA) is 53.6 Å². The Morgan fingerprint density at radius 1 is 0.962 bits per heavy atom. The van der Waals surface area contributed by atoms with Crippen molar-refractivity contribution < 1.29 is 22.9 Å². The van der Waals surface area contributed by atoms with Crippen LogP contribution in [0.5, 0.6) is 5.75 Å². The predicted octanol–water partition coefficient (Wildman–Crippen LogP) is 3.78. The summed E-state index contributed by atoms with van der Waals surface area (Å²) in [5.74, 6) is -0.292. The van der Waals surface area contributed by atoms with Gasteiger partial charge in [0.15, 0.2) is 18.0 Å². The summed E-state index contributed by atoms with van der Waals surface area (Å²) in [6.07, 6.45) is 0.396. The molecule has 1 N–H and O–H groups in total. The minimum atomic E-state index is -4.74. The SMILES string of the molecule is FC(F)(F)Oc1cccc(-c2cnc3ccc(-c4cc[nH+]cc4)nn23)c1. The normalized spacial score (nSPS) is 11.7. The molecule has 4 rings (SSSR count). The quantitative estimate of drug-likeness (QED) is 0.561. The molecule has 0 saturated heterocycles. The van der Waals surface area contributed by atoms with Gasteiger partial charge in [-0.1, -0.05) is 12.1 Å². The number of alkyl halides is 3. The van der Waals surface area contributed by atoms with E-state index in [1.807, 2.05) is 18.2 Å². The monoisotopic (exact) mass is 357 g/mol. The first kappa shape index (κ1) is 16.1. The van der Waals surface area contributed by atoms with Gasteiger partial charge < -0.3 is 4.74 Å². The van der Waals surface area contributed by atoms with Gasteiger partial charge in [-0.15, -0.1) is 13.2 Å². The molecule has 3 heterocycles. The number of H-pyrrole nitrogens is 1. The molecule has 0 bridgehead atoms. The summed E-state index contributed by atoms with van der Waals surface area (Å²) in [6.45, 7) is 0. The molecule has 26 heavy (non-hydrogen) atoms. The molecule has 0 aliphatic heterocycles. The van der Waals surface area contributed by atoms with E-state index in [9.17, 15) is 13.2 Å². The van der Waals surface area contributed by atoms with Gasteiger partial charge in [-0.3, -0.25) is 0 Å². The Balaban J connectivity index is 1.79. The second-order valence-electron chi connectivity index (χ2n) is 5.50. The van der Waals surface area contributed by atoms with E-state index in [0.29, 0.717) is 22.6 Å². The zero-order valence-corrected chi connectivity index (χ0v) is 13.2. The minimum absolute atomic E-state index is 0.292. The van der Waals surface area contributed by atoms with Crippen LogP contribution in [0.3, 0.4) is 0 Å². The van der Waals surface area contributed by atoms with Crippen molar-refractivity contribution in [2.24, 2.45) is 0 Å². The predicted molar refractivity (Wildman–Crippen MR) is 87.1 cm³/mol. The third-order valence-electron chi connectivity index (χ3n) is 3.74. The summed E-state index contributed by atoms with van der Waals surface area (Å²) >= 11 is 0. The van der Waals surface area contributed by atoms with Crippen molar-refractivity contribution in [3.05, 3.63) is 67.1 Å². The van der Waals surface area contributed by atoms with E-state index in [1.165, 1.54) is 18.2 Å². The van der Waals surface area contributed by atoms with Crippen molar-refractivity contribution in [1.29, 1.82) is 0 Å². The van der Waals surface area contributed by atoms with Crippen molar-refractivity contribution in [3.63, 3.8) is 0 Å². The lowest BCUT2D eigenvalue weighted by Gasteiger charge is -2.10. The van der Waals surface area contributed by atoms with Gasteiger partial charge in [-0.05, 0) is 24.3 Å². The van der Waals surface area contributed by atoms with Crippen molar-refractivity contribution >= 4 is 5.65 Å². The first-order valence-corrected chi connectivity index (χ1v) is 7.67. The van der Waals surface area contributed by atoms with E-state index in [4.69, 9.17) is 0 Å². The average Bonchev–Trinajstić information content (AvgIpc) is 3.04. The number of nitrogens with zero attached hydrogens (tertiary/aromatic N) is 3. The first-order chi connectivity index (χ1) is 12.5. The molecule has 0 aliphatic rings. The molecule has 0 atom stereocenters. The molecule has 1 aromatic carbocycles. The van der Waals surface area contributed by atoms with E-state index in [1.54, 1.807) is 35.2 Å². The smallest absolute Gasteiger partial charge is 0.406 e. The van der Waals surface area contributed by atoms with Crippen LogP contribution in [-0.2, 0) is 0 Å². The van der Waals surface area contributed by atoms with Gasteiger partial charge in [0.1, 0.15) is 5.75 Å². The second kappa shape index (κ2) is 6.14. The van der Waals surface area contributed by atoms with Crippen LogP contribution in [-0.4, -0.2) is 21.0 Å². The summed E-state index contributed by atoms with van der Waals surface area (Å²) < 4.78 is 43.0. The van der Waals surface area contributed by atoms with Crippen molar-refractivity contribution in [3.8, 4) is 28.3 Å². The van der Waals surface area contributed by atoms with Crippen LogP contribution in [0.2, 0.25) is 0 Å². The number of hydrogen-bond acceptors (Lipinski definition) is 3. The summed E-state index contributed by atoms with van der Waals surface area (Å²) in [4.78, 5) is 7.21. The van der Waals surface area contributed by atoms with Crippen molar-refractivity contribution in [2.75, 3.05) is 0 Å². The summed E-state index contributed by atoms with van der Waals surface area (Å²) in [7, 11) is 0. The lowest BCUT2D eigenvalue weighted by molar-refractivity contribution is -0.377. The van der Waals surface area contributed by atoms with Gasteiger partial charge in [0.2, 0.25) is 0 Å². The fourth-order valence-electron chi connectivity index (χ4n) is 2.63. The molecule has 0 aliphatic carbocycles. The molecule has 0 amide bonds. The number of halogens is 3. The largest absolute Gasteiger partial charge is 0.573 e. The zero-order chi connectivity index (χ0) is 18.1. The van der Waals surface area contributed by atoms with Gasteiger partial charge in [0.05, 0.1) is 17.6 Å². The lowest BCUT2D eigenvalue weighted by atomic mass is 10.1. The average molecular weight is 357 g/mol. The highest BCUT2D eigenvalue weighted by atomic mass is 19.4. The Hall–Kier alpha value is -3.42. The third-order valence-corrected chi connectivity index (χ3v) is 3.74. The van der Waals surface area contributed by atoms with Crippen molar-refractivity contribution in [2.45, 2.75) is 6.36 Å². The highest BCUT2D eigenvalue weighted by molar-refractivity contribution is 5.66. The Morgan fingerprint density at radius 2 is 1.77 bits per heavy atom. The molecule has 0 unspecified atom stereocenters. The van der Waals surface area contributed by atoms with E-state index in [-0.39, 0.29) is 5.75 Å². The van der Waals surface area contributed by atoms with Gasteiger partial charge >= 0.3 is 6.36 Å². The van der Waals surface area contributed by atoms with E-state index >= 15 is 0 Å². The Labute approximate surface area is 145 Å². The summed E-state index contributed by atoms with van der Waals surface area (Å²) in [6, 6.07) is 13.1. The van der Waals surface area contributed by atoms with Crippen LogP contribution in [0, 0.1) is 0 Å². The van der Waals surface area contributed by atoms with Gasteiger partial charge in [-0.25, -0.2) is 14.5 Å². The second-order valence-corrected chi connectivity index (χ2v) is 5.50. The number of hydrogen-bond donors (Lipinski definition) is 0. The molecule has 130 valence electrons.